The zero-order valence-electron chi connectivity index (χ0n) is 16.0. The Labute approximate surface area is 154 Å². The molecule has 1 amide bonds. The van der Waals surface area contributed by atoms with Crippen LogP contribution in [0, 0.1) is 0 Å². The van der Waals surface area contributed by atoms with Crippen LogP contribution in [0.2, 0.25) is 0 Å². The lowest BCUT2D eigenvalue weighted by Crippen LogP contribution is -2.39. The Hall–Kier alpha value is -2.16. The average molecular weight is 366 g/mol. The molecule has 1 aromatic rings. The Bertz CT molecular complexity index is 589. The van der Waals surface area contributed by atoms with Crippen LogP contribution in [0.1, 0.15) is 57.9 Å². The lowest BCUT2D eigenvalue weighted by molar-refractivity contribution is -0.127. The molecule has 9 heteroatoms. The van der Waals surface area contributed by atoms with E-state index in [0.717, 1.165) is 39.0 Å². The number of carbonyl (C=O) groups excluding carboxylic acids is 1. The van der Waals surface area contributed by atoms with Gasteiger partial charge in [-0.1, -0.05) is 5.16 Å². The minimum atomic E-state index is -0.193. The molecule has 1 aromatic heterocycles. The van der Waals surface area contributed by atoms with Gasteiger partial charge in [0.25, 0.3) is 0 Å². The molecule has 26 heavy (non-hydrogen) atoms. The smallest absolute Gasteiger partial charge is 0.248 e. The molecule has 2 N–H and O–H groups in total. The van der Waals surface area contributed by atoms with E-state index in [2.05, 4.69) is 25.8 Å². The predicted molar refractivity (Wildman–Crippen MR) is 97.6 cm³/mol. The molecule has 1 fully saturated rings. The fraction of sp³-hybridized carbons (Fsp3) is 0.765. The van der Waals surface area contributed by atoms with E-state index < -0.39 is 0 Å². The number of carbonyl (C=O) groups is 1. The molecule has 146 valence electrons. The molecular formula is C17H30N6O3. The van der Waals surface area contributed by atoms with E-state index in [1.165, 1.54) is 0 Å². The Morgan fingerprint density at radius 2 is 2.27 bits per heavy atom. The van der Waals surface area contributed by atoms with Crippen molar-refractivity contribution in [2.75, 3.05) is 32.8 Å². The number of nitrogens with zero attached hydrogens (tertiary/aromatic N) is 4. The third kappa shape index (κ3) is 6.29. The van der Waals surface area contributed by atoms with Gasteiger partial charge < -0.3 is 24.8 Å². The van der Waals surface area contributed by atoms with Crippen molar-refractivity contribution in [3.63, 3.8) is 0 Å². The first-order valence-corrected chi connectivity index (χ1v) is 9.38. The summed E-state index contributed by atoms with van der Waals surface area (Å²) in [4.78, 5) is 22.3. The van der Waals surface area contributed by atoms with Crippen molar-refractivity contribution < 1.29 is 14.1 Å². The van der Waals surface area contributed by atoms with E-state index in [-0.39, 0.29) is 12.0 Å². The summed E-state index contributed by atoms with van der Waals surface area (Å²) >= 11 is 0. The van der Waals surface area contributed by atoms with Crippen LogP contribution in [-0.2, 0) is 16.1 Å². The summed E-state index contributed by atoms with van der Waals surface area (Å²) in [6.45, 7) is 9.88. The minimum absolute atomic E-state index is 0.193. The molecule has 1 atom stereocenters. The van der Waals surface area contributed by atoms with Crippen LogP contribution in [0.5, 0.6) is 0 Å². The zero-order chi connectivity index (χ0) is 18.8. The van der Waals surface area contributed by atoms with Crippen LogP contribution in [0.3, 0.4) is 0 Å². The van der Waals surface area contributed by atoms with Gasteiger partial charge in [0.1, 0.15) is 12.6 Å². The monoisotopic (exact) mass is 366 g/mol. The first-order chi connectivity index (χ1) is 12.6. The Morgan fingerprint density at radius 1 is 1.42 bits per heavy atom. The van der Waals surface area contributed by atoms with E-state index in [9.17, 15) is 4.79 Å². The van der Waals surface area contributed by atoms with Gasteiger partial charge in [0.2, 0.25) is 11.8 Å². The first kappa shape index (κ1) is 20.2. The van der Waals surface area contributed by atoms with E-state index in [0.29, 0.717) is 37.2 Å². The molecule has 0 saturated carbocycles. The normalized spacial score (nSPS) is 16.2. The van der Waals surface area contributed by atoms with Gasteiger partial charge in [0.05, 0.1) is 0 Å². The van der Waals surface area contributed by atoms with Gasteiger partial charge in [-0.25, -0.2) is 4.99 Å². The number of aliphatic imine (C=N–C) groups is 1. The van der Waals surface area contributed by atoms with E-state index >= 15 is 0 Å². The van der Waals surface area contributed by atoms with Gasteiger partial charge in [-0.05, 0) is 33.6 Å². The van der Waals surface area contributed by atoms with E-state index in [1.54, 1.807) is 0 Å². The second-order valence-electron chi connectivity index (χ2n) is 6.10. The highest BCUT2D eigenvalue weighted by Gasteiger charge is 2.19. The number of likely N-dealkylation sites (tertiary alicyclic amines) is 1. The standard InChI is InChI=1S/C17H30N6O3/c1-4-18-17(19-9-7-11-23-10-6-8-15(23)24)20-12-14-21-16(22-26-14)13(3)25-5-2/h13H,4-12H2,1-3H3,(H2,18,19,20). The van der Waals surface area contributed by atoms with Crippen LogP contribution < -0.4 is 10.6 Å². The van der Waals surface area contributed by atoms with Gasteiger partial charge in [-0.3, -0.25) is 4.79 Å². The molecule has 9 nitrogen and oxygen atoms in total. The van der Waals surface area contributed by atoms with Crippen molar-refractivity contribution in [2.45, 2.75) is 52.7 Å². The highest BCUT2D eigenvalue weighted by atomic mass is 16.5. The second kappa shape index (κ2) is 10.7. The SMILES string of the molecule is CCNC(=NCc1nc(C(C)OCC)no1)NCCCN1CCCC1=O. The van der Waals surface area contributed by atoms with Crippen molar-refractivity contribution in [3.8, 4) is 0 Å². The van der Waals surface area contributed by atoms with Crippen molar-refractivity contribution in [1.29, 1.82) is 0 Å². The highest BCUT2D eigenvalue weighted by molar-refractivity contribution is 5.79. The van der Waals surface area contributed by atoms with Crippen LogP contribution in [-0.4, -0.2) is 59.7 Å². The van der Waals surface area contributed by atoms with Gasteiger partial charge in [-0.15, -0.1) is 0 Å². The molecule has 2 rings (SSSR count). The van der Waals surface area contributed by atoms with Gasteiger partial charge in [-0.2, -0.15) is 4.98 Å². The number of guanidine groups is 1. The van der Waals surface area contributed by atoms with Gasteiger partial charge in [0.15, 0.2) is 11.8 Å². The molecule has 0 bridgehead atoms. The molecule has 0 aromatic carbocycles. The van der Waals surface area contributed by atoms with Crippen LogP contribution in [0.4, 0.5) is 0 Å². The molecule has 1 saturated heterocycles. The summed E-state index contributed by atoms with van der Waals surface area (Å²) in [6, 6.07) is 0. The summed E-state index contributed by atoms with van der Waals surface area (Å²) in [5.41, 5.74) is 0. The number of amides is 1. The van der Waals surface area contributed by atoms with Crippen molar-refractivity contribution in [1.82, 2.24) is 25.7 Å². The molecule has 1 unspecified atom stereocenters. The lowest BCUT2D eigenvalue weighted by Gasteiger charge is -2.16. The zero-order valence-corrected chi connectivity index (χ0v) is 16.0. The minimum Gasteiger partial charge on any atom is -0.371 e. The number of nitrogens with one attached hydrogen (secondary N) is 2. The maximum atomic E-state index is 11.6. The van der Waals surface area contributed by atoms with E-state index in [4.69, 9.17) is 9.26 Å². The third-order valence-corrected chi connectivity index (χ3v) is 4.05. The molecule has 2 heterocycles. The largest absolute Gasteiger partial charge is 0.371 e. The average Bonchev–Trinajstić information content (AvgIpc) is 3.26. The lowest BCUT2D eigenvalue weighted by atomic mass is 10.4. The van der Waals surface area contributed by atoms with Crippen LogP contribution in [0.15, 0.2) is 9.52 Å². The van der Waals surface area contributed by atoms with Crippen LogP contribution in [0.25, 0.3) is 0 Å². The molecule has 0 radical (unpaired) electrons. The number of hydrogen-bond donors (Lipinski definition) is 2. The summed E-state index contributed by atoms with van der Waals surface area (Å²) < 4.78 is 10.7. The topological polar surface area (TPSA) is 105 Å². The van der Waals surface area contributed by atoms with Gasteiger partial charge in [0, 0.05) is 39.2 Å². The number of ether oxygens (including phenoxy) is 1. The Balaban J connectivity index is 1.77. The predicted octanol–water partition coefficient (Wildman–Crippen LogP) is 1.23. The fourth-order valence-corrected chi connectivity index (χ4v) is 2.73. The first-order valence-electron chi connectivity index (χ1n) is 9.38. The van der Waals surface area contributed by atoms with Crippen LogP contribution >= 0.6 is 0 Å². The summed E-state index contributed by atoms with van der Waals surface area (Å²) in [5, 5.41) is 10.4. The molecule has 1 aliphatic rings. The molecular weight excluding hydrogens is 336 g/mol. The van der Waals surface area contributed by atoms with Crippen molar-refractivity contribution >= 4 is 11.9 Å². The Kier molecular flexibility index (Phi) is 8.33. The fourth-order valence-electron chi connectivity index (χ4n) is 2.73. The Morgan fingerprint density at radius 3 is 2.96 bits per heavy atom. The molecule has 0 aliphatic carbocycles. The third-order valence-electron chi connectivity index (χ3n) is 4.05. The quantitative estimate of drug-likeness (QED) is 0.364. The van der Waals surface area contributed by atoms with Gasteiger partial charge >= 0.3 is 0 Å². The number of rotatable bonds is 10. The maximum Gasteiger partial charge on any atom is 0.248 e. The summed E-state index contributed by atoms with van der Waals surface area (Å²) in [6.07, 6.45) is 2.35. The van der Waals surface area contributed by atoms with E-state index in [1.807, 2.05) is 25.7 Å². The molecule has 1 aliphatic heterocycles. The second-order valence-corrected chi connectivity index (χ2v) is 6.10. The number of aromatic nitrogens is 2. The summed E-state index contributed by atoms with van der Waals surface area (Å²) in [7, 11) is 0. The van der Waals surface area contributed by atoms with Crippen molar-refractivity contribution in [2.24, 2.45) is 4.99 Å². The summed E-state index contributed by atoms with van der Waals surface area (Å²) in [5.74, 6) is 1.94. The van der Waals surface area contributed by atoms with Crippen molar-refractivity contribution in [3.05, 3.63) is 11.7 Å². The molecule has 0 spiro atoms. The maximum absolute atomic E-state index is 11.6. The highest BCUT2D eigenvalue weighted by Crippen LogP contribution is 2.13. The number of hydrogen-bond acceptors (Lipinski definition) is 6.